The monoisotopic (exact) mass is 298 g/mol. The Morgan fingerprint density at radius 1 is 1.05 bits per heavy atom. The van der Waals surface area contributed by atoms with Crippen LogP contribution >= 0.6 is 11.6 Å². The number of halogens is 1. The van der Waals surface area contributed by atoms with E-state index in [2.05, 4.69) is 13.8 Å². The van der Waals surface area contributed by atoms with Crippen molar-refractivity contribution in [1.29, 1.82) is 0 Å². The largest absolute Gasteiger partial charge is 0.289 e. The van der Waals surface area contributed by atoms with Crippen molar-refractivity contribution < 1.29 is 4.79 Å². The predicted octanol–water partition coefficient (Wildman–Crippen LogP) is 5.43. The van der Waals surface area contributed by atoms with E-state index in [0.717, 1.165) is 12.0 Å². The van der Waals surface area contributed by atoms with Gasteiger partial charge >= 0.3 is 0 Å². The van der Waals surface area contributed by atoms with E-state index in [0.29, 0.717) is 16.5 Å². The molecule has 0 atom stereocenters. The standard InChI is InChI=1S/C19H19ClO/c1-14(2)13-16-3-8-17(9-4-16)19(21)12-7-15-5-10-18(20)11-6-15/h3-12,14H,13H2,1-2H3/b12-7+. The van der Waals surface area contributed by atoms with Crippen LogP contribution in [0, 0.1) is 5.92 Å². The van der Waals surface area contributed by atoms with Gasteiger partial charge in [0.15, 0.2) is 5.78 Å². The number of hydrogen-bond donors (Lipinski definition) is 0. The third-order valence-electron chi connectivity index (χ3n) is 3.18. The van der Waals surface area contributed by atoms with Gasteiger partial charge in [-0.3, -0.25) is 4.79 Å². The zero-order valence-corrected chi connectivity index (χ0v) is 13.1. The molecule has 0 bridgehead atoms. The molecule has 0 aliphatic heterocycles. The maximum absolute atomic E-state index is 12.1. The molecule has 0 unspecified atom stereocenters. The fraction of sp³-hybridized carbons (Fsp3) is 0.211. The molecule has 2 rings (SSSR count). The van der Waals surface area contributed by atoms with Crippen LogP contribution in [0.15, 0.2) is 54.6 Å². The van der Waals surface area contributed by atoms with Crippen molar-refractivity contribution in [3.63, 3.8) is 0 Å². The maximum atomic E-state index is 12.1. The molecule has 0 radical (unpaired) electrons. The number of allylic oxidation sites excluding steroid dienone is 1. The van der Waals surface area contributed by atoms with Crippen molar-refractivity contribution in [3.8, 4) is 0 Å². The summed E-state index contributed by atoms with van der Waals surface area (Å²) in [6, 6.07) is 15.2. The first-order chi connectivity index (χ1) is 10.0. The minimum Gasteiger partial charge on any atom is -0.289 e. The summed E-state index contributed by atoms with van der Waals surface area (Å²) in [5, 5.41) is 0.694. The minimum absolute atomic E-state index is 0.0149. The highest BCUT2D eigenvalue weighted by Gasteiger charge is 2.03. The summed E-state index contributed by atoms with van der Waals surface area (Å²) in [7, 11) is 0. The van der Waals surface area contributed by atoms with Gasteiger partial charge in [-0.25, -0.2) is 0 Å². The molecule has 2 aromatic carbocycles. The molecular weight excluding hydrogens is 280 g/mol. The first kappa shape index (κ1) is 15.5. The van der Waals surface area contributed by atoms with E-state index in [9.17, 15) is 4.79 Å². The summed E-state index contributed by atoms with van der Waals surface area (Å²) in [5.41, 5.74) is 2.94. The van der Waals surface area contributed by atoms with Gasteiger partial charge in [0.1, 0.15) is 0 Å². The van der Waals surface area contributed by atoms with Gasteiger partial charge in [0.25, 0.3) is 0 Å². The number of benzene rings is 2. The van der Waals surface area contributed by atoms with E-state index >= 15 is 0 Å². The summed E-state index contributed by atoms with van der Waals surface area (Å²) in [6.07, 6.45) is 4.44. The van der Waals surface area contributed by atoms with Crippen LogP contribution in [0.4, 0.5) is 0 Å². The van der Waals surface area contributed by atoms with Crippen molar-refractivity contribution in [2.45, 2.75) is 20.3 Å². The topological polar surface area (TPSA) is 17.1 Å². The summed E-state index contributed by atoms with van der Waals surface area (Å²) in [4.78, 5) is 12.1. The van der Waals surface area contributed by atoms with Crippen LogP contribution in [0.2, 0.25) is 5.02 Å². The van der Waals surface area contributed by atoms with Gasteiger partial charge in [-0.2, -0.15) is 0 Å². The van der Waals surface area contributed by atoms with Crippen LogP contribution in [0.25, 0.3) is 6.08 Å². The zero-order chi connectivity index (χ0) is 15.2. The molecule has 0 fully saturated rings. The Morgan fingerprint density at radius 2 is 1.67 bits per heavy atom. The summed E-state index contributed by atoms with van der Waals surface area (Å²) < 4.78 is 0. The first-order valence-corrected chi connectivity index (χ1v) is 7.49. The number of hydrogen-bond acceptors (Lipinski definition) is 1. The lowest BCUT2D eigenvalue weighted by Gasteiger charge is -2.05. The summed E-state index contributed by atoms with van der Waals surface area (Å²) in [6.45, 7) is 4.38. The third kappa shape index (κ3) is 4.87. The fourth-order valence-electron chi connectivity index (χ4n) is 2.12. The predicted molar refractivity (Wildman–Crippen MR) is 89.8 cm³/mol. The lowest BCUT2D eigenvalue weighted by molar-refractivity contribution is 0.104. The number of ketones is 1. The number of carbonyl (C=O) groups excluding carboxylic acids is 1. The Morgan fingerprint density at radius 3 is 2.24 bits per heavy atom. The summed E-state index contributed by atoms with van der Waals surface area (Å²) in [5.74, 6) is 0.636. The zero-order valence-electron chi connectivity index (χ0n) is 12.3. The molecular formula is C19H19ClO. The fourth-order valence-corrected chi connectivity index (χ4v) is 2.24. The van der Waals surface area contributed by atoms with E-state index in [4.69, 9.17) is 11.6 Å². The number of rotatable bonds is 5. The van der Waals surface area contributed by atoms with Gasteiger partial charge in [-0.1, -0.05) is 67.9 Å². The molecule has 1 nitrogen and oxygen atoms in total. The molecule has 0 saturated heterocycles. The van der Waals surface area contributed by atoms with E-state index in [1.54, 1.807) is 12.2 Å². The Labute approximate surface area is 131 Å². The number of carbonyl (C=O) groups is 1. The second-order valence-corrected chi connectivity index (χ2v) is 5.98. The van der Waals surface area contributed by atoms with Gasteiger partial charge in [0.05, 0.1) is 0 Å². The molecule has 0 aliphatic rings. The highest BCUT2D eigenvalue weighted by molar-refractivity contribution is 6.30. The van der Waals surface area contributed by atoms with Crippen LogP contribution < -0.4 is 0 Å². The van der Waals surface area contributed by atoms with Gasteiger partial charge in [-0.15, -0.1) is 0 Å². The lowest BCUT2D eigenvalue weighted by Crippen LogP contribution is -1.97. The second kappa shape index (κ2) is 7.24. The van der Waals surface area contributed by atoms with E-state index in [1.807, 2.05) is 48.5 Å². The molecule has 0 N–H and O–H groups in total. The molecule has 0 aliphatic carbocycles. The smallest absolute Gasteiger partial charge is 0.185 e. The van der Waals surface area contributed by atoms with Gasteiger partial charge < -0.3 is 0 Å². The SMILES string of the molecule is CC(C)Cc1ccc(C(=O)/C=C/c2ccc(Cl)cc2)cc1. The maximum Gasteiger partial charge on any atom is 0.185 e. The normalized spacial score (nSPS) is 11.2. The molecule has 0 spiro atoms. The quantitative estimate of drug-likeness (QED) is 0.531. The molecule has 108 valence electrons. The molecule has 21 heavy (non-hydrogen) atoms. The molecule has 0 saturated carbocycles. The van der Waals surface area contributed by atoms with E-state index in [1.165, 1.54) is 5.56 Å². The molecule has 2 aromatic rings. The molecule has 0 aromatic heterocycles. The van der Waals surface area contributed by atoms with Crippen molar-refractivity contribution in [1.82, 2.24) is 0 Å². The van der Waals surface area contributed by atoms with Crippen molar-refractivity contribution in [3.05, 3.63) is 76.3 Å². The molecule has 0 amide bonds. The summed E-state index contributed by atoms with van der Waals surface area (Å²) >= 11 is 5.83. The Hall–Kier alpha value is -1.86. The Balaban J connectivity index is 2.04. The van der Waals surface area contributed by atoms with Crippen LogP contribution in [-0.2, 0) is 6.42 Å². The minimum atomic E-state index is 0.0149. The van der Waals surface area contributed by atoms with Crippen LogP contribution in [0.1, 0.15) is 35.3 Å². The lowest BCUT2D eigenvalue weighted by atomic mass is 10.0. The Kier molecular flexibility index (Phi) is 5.35. The van der Waals surface area contributed by atoms with Gasteiger partial charge in [-0.05, 0) is 41.7 Å². The van der Waals surface area contributed by atoms with E-state index in [-0.39, 0.29) is 5.78 Å². The average Bonchev–Trinajstić information content (AvgIpc) is 2.46. The van der Waals surface area contributed by atoms with Crippen LogP contribution in [0.3, 0.4) is 0 Å². The second-order valence-electron chi connectivity index (χ2n) is 5.54. The Bertz CT molecular complexity index is 622. The third-order valence-corrected chi connectivity index (χ3v) is 3.43. The molecule has 2 heteroatoms. The highest BCUT2D eigenvalue weighted by Crippen LogP contribution is 2.13. The van der Waals surface area contributed by atoms with Gasteiger partial charge in [0, 0.05) is 10.6 Å². The van der Waals surface area contributed by atoms with Crippen LogP contribution in [0.5, 0.6) is 0 Å². The van der Waals surface area contributed by atoms with E-state index < -0.39 is 0 Å². The highest BCUT2D eigenvalue weighted by atomic mass is 35.5. The van der Waals surface area contributed by atoms with Crippen molar-refractivity contribution in [2.24, 2.45) is 5.92 Å². The van der Waals surface area contributed by atoms with Crippen molar-refractivity contribution >= 4 is 23.5 Å². The average molecular weight is 299 g/mol. The van der Waals surface area contributed by atoms with Gasteiger partial charge in [0.2, 0.25) is 0 Å². The first-order valence-electron chi connectivity index (χ1n) is 7.11. The van der Waals surface area contributed by atoms with Crippen LogP contribution in [-0.4, -0.2) is 5.78 Å². The molecule has 0 heterocycles. The van der Waals surface area contributed by atoms with Crippen molar-refractivity contribution in [2.75, 3.05) is 0 Å².